The van der Waals surface area contributed by atoms with Gasteiger partial charge in [0.05, 0.1) is 11.7 Å². The van der Waals surface area contributed by atoms with Gasteiger partial charge in [0.15, 0.2) is 0 Å². The molecule has 94 valence electrons. The van der Waals surface area contributed by atoms with Gasteiger partial charge in [0.1, 0.15) is 5.01 Å². The number of fused-ring (bicyclic) bond motifs is 1. The SMILES string of the molecule is CC(C)N1CCc2nc(C3CCCN3)sc2C1. The quantitative estimate of drug-likeness (QED) is 0.874. The Hall–Kier alpha value is -0.450. The lowest BCUT2D eigenvalue weighted by Crippen LogP contribution is -2.35. The highest BCUT2D eigenvalue weighted by molar-refractivity contribution is 7.11. The molecule has 0 bridgehead atoms. The maximum Gasteiger partial charge on any atom is 0.110 e. The summed E-state index contributed by atoms with van der Waals surface area (Å²) in [6.07, 6.45) is 3.70. The fraction of sp³-hybridized carbons (Fsp3) is 0.769. The third kappa shape index (κ3) is 2.26. The van der Waals surface area contributed by atoms with Crippen LogP contribution in [0.1, 0.15) is 48.3 Å². The molecular formula is C13H21N3S. The molecule has 0 amide bonds. The molecule has 1 aromatic heterocycles. The zero-order chi connectivity index (χ0) is 11.8. The minimum Gasteiger partial charge on any atom is -0.308 e. The molecule has 3 rings (SSSR count). The summed E-state index contributed by atoms with van der Waals surface area (Å²) in [5.41, 5.74) is 1.37. The Labute approximate surface area is 107 Å². The summed E-state index contributed by atoms with van der Waals surface area (Å²) in [4.78, 5) is 8.91. The summed E-state index contributed by atoms with van der Waals surface area (Å²) in [6, 6.07) is 1.19. The van der Waals surface area contributed by atoms with Crippen molar-refractivity contribution in [2.24, 2.45) is 0 Å². The van der Waals surface area contributed by atoms with Crippen molar-refractivity contribution in [1.82, 2.24) is 15.2 Å². The lowest BCUT2D eigenvalue weighted by molar-refractivity contribution is 0.205. The van der Waals surface area contributed by atoms with E-state index in [1.165, 1.54) is 35.0 Å². The number of hydrogen-bond acceptors (Lipinski definition) is 4. The summed E-state index contributed by atoms with van der Waals surface area (Å²) < 4.78 is 0. The minimum absolute atomic E-state index is 0.540. The smallest absolute Gasteiger partial charge is 0.110 e. The van der Waals surface area contributed by atoms with Gasteiger partial charge in [0, 0.05) is 30.4 Å². The zero-order valence-electron chi connectivity index (χ0n) is 10.7. The Morgan fingerprint density at radius 2 is 2.35 bits per heavy atom. The largest absolute Gasteiger partial charge is 0.308 e. The summed E-state index contributed by atoms with van der Waals surface area (Å²) in [7, 11) is 0. The van der Waals surface area contributed by atoms with Gasteiger partial charge < -0.3 is 5.32 Å². The van der Waals surface area contributed by atoms with Gasteiger partial charge in [-0.3, -0.25) is 4.90 Å². The minimum atomic E-state index is 0.540. The highest BCUT2D eigenvalue weighted by Crippen LogP contribution is 2.32. The molecule has 1 saturated heterocycles. The number of nitrogens with zero attached hydrogens (tertiary/aromatic N) is 2. The molecule has 1 unspecified atom stereocenters. The first-order valence-corrected chi connectivity index (χ1v) is 7.51. The van der Waals surface area contributed by atoms with Crippen molar-refractivity contribution in [2.75, 3.05) is 13.1 Å². The van der Waals surface area contributed by atoms with E-state index in [0.29, 0.717) is 12.1 Å². The van der Waals surface area contributed by atoms with E-state index in [4.69, 9.17) is 4.98 Å². The average molecular weight is 251 g/mol. The summed E-state index contributed by atoms with van der Waals surface area (Å²) in [5.74, 6) is 0. The van der Waals surface area contributed by atoms with Crippen molar-refractivity contribution in [3.63, 3.8) is 0 Å². The van der Waals surface area contributed by atoms with Crippen LogP contribution in [-0.4, -0.2) is 29.0 Å². The first-order chi connectivity index (χ1) is 8.24. The second-order valence-corrected chi connectivity index (χ2v) is 6.50. The third-order valence-electron chi connectivity index (χ3n) is 3.87. The van der Waals surface area contributed by atoms with Gasteiger partial charge in [-0.2, -0.15) is 0 Å². The predicted molar refractivity (Wildman–Crippen MR) is 71.3 cm³/mol. The molecule has 2 aliphatic rings. The molecule has 4 heteroatoms. The maximum absolute atomic E-state index is 4.86. The standard InChI is InChI=1S/C13H21N3S/c1-9(2)16-7-5-10-12(8-16)17-13(15-10)11-4-3-6-14-11/h9,11,14H,3-8H2,1-2H3. The Morgan fingerprint density at radius 3 is 3.06 bits per heavy atom. The number of aromatic nitrogens is 1. The van der Waals surface area contributed by atoms with Crippen LogP contribution >= 0.6 is 11.3 Å². The molecule has 1 atom stereocenters. The van der Waals surface area contributed by atoms with E-state index in [2.05, 4.69) is 24.1 Å². The monoisotopic (exact) mass is 251 g/mol. The van der Waals surface area contributed by atoms with Gasteiger partial charge in [-0.15, -0.1) is 11.3 Å². The Bertz CT molecular complexity index is 393. The Balaban J connectivity index is 1.79. The number of thiazole rings is 1. The van der Waals surface area contributed by atoms with E-state index in [-0.39, 0.29) is 0 Å². The fourth-order valence-corrected chi connectivity index (χ4v) is 3.97. The van der Waals surface area contributed by atoms with Gasteiger partial charge in [0.2, 0.25) is 0 Å². The normalized spacial score (nSPS) is 25.5. The molecule has 0 aromatic carbocycles. The second-order valence-electron chi connectivity index (χ2n) is 5.39. The number of nitrogens with one attached hydrogen (secondary N) is 1. The molecule has 3 heterocycles. The van der Waals surface area contributed by atoms with E-state index in [1.807, 2.05) is 11.3 Å². The van der Waals surface area contributed by atoms with Crippen LogP contribution in [0.25, 0.3) is 0 Å². The first-order valence-electron chi connectivity index (χ1n) is 6.70. The van der Waals surface area contributed by atoms with E-state index in [0.717, 1.165) is 19.5 Å². The van der Waals surface area contributed by atoms with E-state index in [1.54, 1.807) is 0 Å². The predicted octanol–water partition coefficient (Wildman–Crippen LogP) is 2.33. The average Bonchev–Trinajstić information content (AvgIpc) is 2.96. The van der Waals surface area contributed by atoms with Crippen LogP contribution in [0.5, 0.6) is 0 Å². The van der Waals surface area contributed by atoms with E-state index < -0.39 is 0 Å². The van der Waals surface area contributed by atoms with Gasteiger partial charge in [0.25, 0.3) is 0 Å². The fourth-order valence-electron chi connectivity index (χ4n) is 2.72. The van der Waals surface area contributed by atoms with Crippen molar-refractivity contribution in [2.45, 2.75) is 51.7 Å². The summed E-state index contributed by atoms with van der Waals surface area (Å²) in [6.45, 7) is 8.01. The van der Waals surface area contributed by atoms with Gasteiger partial charge in [-0.25, -0.2) is 4.98 Å². The van der Waals surface area contributed by atoms with Crippen molar-refractivity contribution >= 4 is 11.3 Å². The lowest BCUT2D eigenvalue weighted by atomic mass is 10.1. The maximum atomic E-state index is 4.86. The van der Waals surface area contributed by atoms with Crippen LogP contribution in [0, 0.1) is 0 Å². The van der Waals surface area contributed by atoms with Gasteiger partial charge >= 0.3 is 0 Å². The summed E-state index contributed by atoms with van der Waals surface area (Å²) >= 11 is 1.94. The number of rotatable bonds is 2. The summed E-state index contributed by atoms with van der Waals surface area (Å²) in [5, 5.41) is 4.88. The molecule has 0 spiro atoms. The van der Waals surface area contributed by atoms with Crippen molar-refractivity contribution in [1.29, 1.82) is 0 Å². The molecule has 1 fully saturated rings. The Kier molecular flexibility index (Phi) is 3.19. The van der Waals surface area contributed by atoms with Crippen LogP contribution in [0.3, 0.4) is 0 Å². The third-order valence-corrected chi connectivity index (χ3v) is 5.06. The van der Waals surface area contributed by atoms with E-state index >= 15 is 0 Å². The highest BCUT2D eigenvalue weighted by atomic mass is 32.1. The van der Waals surface area contributed by atoms with Crippen LogP contribution in [0.4, 0.5) is 0 Å². The van der Waals surface area contributed by atoms with Crippen molar-refractivity contribution < 1.29 is 0 Å². The molecule has 0 radical (unpaired) electrons. The molecular weight excluding hydrogens is 230 g/mol. The number of hydrogen-bond donors (Lipinski definition) is 1. The van der Waals surface area contributed by atoms with Gasteiger partial charge in [-0.1, -0.05) is 0 Å². The molecule has 0 saturated carbocycles. The van der Waals surface area contributed by atoms with E-state index in [9.17, 15) is 0 Å². The van der Waals surface area contributed by atoms with Crippen LogP contribution in [0.15, 0.2) is 0 Å². The lowest BCUT2D eigenvalue weighted by Gasteiger charge is -2.29. The first kappa shape index (κ1) is 11.6. The van der Waals surface area contributed by atoms with Crippen LogP contribution in [-0.2, 0) is 13.0 Å². The van der Waals surface area contributed by atoms with Gasteiger partial charge in [-0.05, 0) is 33.2 Å². The van der Waals surface area contributed by atoms with Crippen molar-refractivity contribution in [3.05, 3.63) is 15.6 Å². The van der Waals surface area contributed by atoms with Crippen LogP contribution < -0.4 is 5.32 Å². The molecule has 0 aliphatic carbocycles. The highest BCUT2D eigenvalue weighted by Gasteiger charge is 2.26. The van der Waals surface area contributed by atoms with Crippen LogP contribution in [0.2, 0.25) is 0 Å². The molecule has 17 heavy (non-hydrogen) atoms. The molecule has 3 nitrogen and oxygen atoms in total. The zero-order valence-corrected chi connectivity index (χ0v) is 11.5. The molecule has 1 N–H and O–H groups in total. The molecule has 1 aromatic rings. The molecule has 2 aliphatic heterocycles. The Morgan fingerprint density at radius 1 is 1.47 bits per heavy atom. The van der Waals surface area contributed by atoms with Crippen molar-refractivity contribution in [3.8, 4) is 0 Å². The topological polar surface area (TPSA) is 28.2 Å². The second kappa shape index (κ2) is 4.67.